The summed E-state index contributed by atoms with van der Waals surface area (Å²) in [7, 11) is 0. The number of aryl methyl sites for hydroxylation is 1. The zero-order valence-electron chi connectivity index (χ0n) is 12.8. The van der Waals surface area contributed by atoms with Crippen molar-refractivity contribution in [3.05, 3.63) is 77.4 Å². The first-order valence-electron chi connectivity index (χ1n) is 7.25. The van der Waals surface area contributed by atoms with E-state index >= 15 is 0 Å². The molecule has 1 unspecified atom stereocenters. The molecule has 3 rings (SSSR count). The summed E-state index contributed by atoms with van der Waals surface area (Å²) in [4.78, 5) is 23.9. The number of cyclic esters (lactones) is 1. The molecule has 0 spiro atoms. The van der Waals surface area contributed by atoms with Crippen molar-refractivity contribution in [1.29, 1.82) is 0 Å². The van der Waals surface area contributed by atoms with E-state index in [-0.39, 0.29) is 11.6 Å². The van der Waals surface area contributed by atoms with E-state index in [2.05, 4.69) is 5.32 Å². The molecule has 1 aliphatic heterocycles. The second kappa shape index (κ2) is 6.76. The summed E-state index contributed by atoms with van der Waals surface area (Å²) < 4.78 is 10.2. The van der Waals surface area contributed by atoms with E-state index in [9.17, 15) is 9.59 Å². The Morgan fingerprint density at radius 3 is 2.46 bits per heavy atom. The van der Waals surface area contributed by atoms with Crippen LogP contribution in [0, 0.1) is 6.92 Å². The highest BCUT2D eigenvalue weighted by molar-refractivity contribution is 6.33. The Bertz CT molecular complexity index is 800. The standard InChI is InChI=1S/C18H14ClNO4/c1-11-7-9-13(10-8-11)20-15-14(19)17(22)24-18(15)23-16(21)12-5-3-2-4-6-12/h2-10,14,20H,1H3. The van der Waals surface area contributed by atoms with Gasteiger partial charge < -0.3 is 14.8 Å². The van der Waals surface area contributed by atoms with Gasteiger partial charge >= 0.3 is 17.9 Å². The van der Waals surface area contributed by atoms with Gasteiger partial charge in [-0.2, -0.15) is 0 Å². The van der Waals surface area contributed by atoms with Crippen LogP contribution in [0.1, 0.15) is 15.9 Å². The van der Waals surface area contributed by atoms with E-state index in [1.807, 2.05) is 31.2 Å². The predicted molar refractivity (Wildman–Crippen MR) is 89.4 cm³/mol. The maximum absolute atomic E-state index is 12.1. The Hall–Kier alpha value is -2.79. The molecule has 0 amide bonds. The molecule has 122 valence electrons. The van der Waals surface area contributed by atoms with Gasteiger partial charge in [-0.1, -0.05) is 35.9 Å². The molecule has 5 nitrogen and oxygen atoms in total. The average molecular weight is 344 g/mol. The zero-order valence-corrected chi connectivity index (χ0v) is 13.5. The molecule has 6 heteroatoms. The molecule has 1 heterocycles. The lowest BCUT2D eigenvalue weighted by Gasteiger charge is -2.10. The molecule has 0 saturated carbocycles. The summed E-state index contributed by atoms with van der Waals surface area (Å²) in [6, 6.07) is 15.9. The van der Waals surface area contributed by atoms with Crippen LogP contribution in [-0.2, 0) is 14.3 Å². The molecule has 1 atom stereocenters. The SMILES string of the molecule is Cc1ccc(NC2=C(OC(=O)c3ccccc3)OC(=O)C2Cl)cc1. The van der Waals surface area contributed by atoms with E-state index in [1.54, 1.807) is 30.3 Å². The normalized spacial score (nSPS) is 16.8. The van der Waals surface area contributed by atoms with Crippen molar-refractivity contribution < 1.29 is 19.1 Å². The Kier molecular flexibility index (Phi) is 4.53. The molecule has 0 saturated heterocycles. The number of nitrogens with one attached hydrogen (secondary N) is 1. The average Bonchev–Trinajstić information content (AvgIpc) is 2.85. The number of esters is 2. The minimum atomic E-state index is -1.06. The highest BCUT2D eigenvalue weighted by atomic mass is 35.5. The van der Waals surface area contributed by atoms with Crippen LogP contribution in [0.25, 0.3) is 0 Å². The first kappa shape index (κ1) is 16.1. The maximum atomic E-state index is 12.1. The number of hydrogen-bond acceptors (Lipinski definition) is 5. The van der Waals surface area contributed by atoms with Gasteiger partial charge in [0, 0.05) is 5.69 Å². The van der Waals surface area contributed by atoms with Gasteiger partial charge in [-0.3, -0.25) is 0 Å². The summed E-state index contributed by atoms with van der Waals surface area (Å²) in [5.41, 5.74) is 2.34. The quantitative estimate of drug-likeness (QED) is 0.678. The number of rotatable bonds is 4. The van der Waals surface area contributed by atoms with Crippen LogP contribution in [-0.4, -0.2) is 17.3 Å². The smallest absolute Gasteiger partial charge is 0.345 e. The topological polar surface area (TPSA) is 64.6 Å². The predicted octanol–water partition coefficient (Wildman–Crippen LogP) is 3.60. The van der Waals surface area contributed by atoms with Crippen molar-refractivity contribution >= 4 is 29.2 Å². The van der Waals surface area contributed by atoms with Gasteiger partial charge in [0.15, 0.2) is 5.38 Å². The lowest BCUT2D eigenvalue weighted by atomic mass is 10.2. The first-order valence-corrected chi connectivity index (χ1v) is 7.69. The highest BCUT2D eigenvalue weighted by Crippen LogP contribution is 2.28. The summed E-state index contributed by atoms with van der Waals surface area (Å²) in [5.74, 6) is -1.55. The number of anilines is 1. The number of benzene rings is 2. The monoisotopic (exact) mass is 343 g/mol. The number of hydrogen-bond donors (Lipinski definition) is 1. The van der Waals surface area contributed by atoms with Gasteiger partial charge in [-0.15, -0.1) is 11.6 Å². The molecule has 0 bridgehead atoms. The van der Waals surface area contributed by atoms with E-state index in [4.69, 9.17) is 21.1 Å². The van der Waals surface area contributed by atoms with Crippen molar-refractivity contribution in [1.82, 2.24) is 0 Å². The third-order valence-electron chi connectivity index (χ3n) is 3.40. The van der Waals surface area contributed by atoms with Crippen LogP contribution >= 0.6 is 11.6 Å². The van der Waals surface area contributed by atoms with Crippen molar-refractivity contribution in [2.24, 2.45) is 0 Å². The Morgan fingerprint density at radius 2 is 1.79 bits per heavy atom. The van der Waals surface area contributed by atoms with Gasteiger partial charge in [-0.05, 0) is 31.2 Å². The molecular weight excluding hydrogens is 330 g/mol. The van der Waals surface area contributed by atoms with Crippen molar-refractivity contribution in [3.8, 4) is 0 Å². The lowest BCUT2D eigenvalue weighted by molar-refractivity contribution is -0.139. The van der Waals surface area contributed by atoms with Gasteiger partial charge in [0.25, 0.3) is 0 Å². The van der Waals surface area contributed by atoms with Crippen molar-refractivity contribution in [2.45, 2.75) is 12.3 Å². The second-order valence-corrected chi connectivity index (χ2v) is 5.67. The second-order valence-electron chi connectivity index (χ2n) is 5.23. The van der Waals surface area contributed by atoms with Crippen LogP contribution in [0.3, 0.4) is 0 Å². The number of alkyl halides is 1. The largest absolute Gasteiger partial charge is 0.390 e. The fourth-order valence-corrected chi connectivity index (χ4v) is 2.31. The van der Waals surface area contributed by atoms with E-state index in [0.29, 0.717) is 11.3 Å². The summed E-state index contributed by atoms with van der Waals surface area (Å²) in [6.45, 7) is 1.96. The van der Waals surface area contributed by atoms with Gasteiger partial charge in [0.2, 0.25) is 0 Å². The van der Waals surface area contributed by atoms with E-state index in [0.717, 1.165) is 5.56 Å². The minimum Gasteiger partial charge on any atom is -0.390 e. The molecule has 2 aromatic rings. The highest BCUT2D eigenvalue weighted by Gasteiger charge is 2.37. The number of halogens is 1. The minimum absolute atomic E-state index is 0.204. The Labute approximate surface area is 143 Å². The molecular formula is C18H14ClNO4. The Balaban J connectivity index is 1.84. The van der Waals surface area contributed by atoms with E-state index < -0.39 is 17.3 Å². The fourth-order valence-electron chi connectivity index (χ4n) is 2.12. The van der Waals surface area contributed by atoms with Crippen LogP contribution in [0.4, 0.5) is 5.69 Å². The molecule has 0 radical (unpaired) electrons. The molecule has 1 N–H and O–H groups in total. The zero-order chi connectivity index (χ0) is 17.1. The molecule has 24 heavy (non-hydrogen) atoms. The van der Waals surface area contributed by atoms with Crippen LogP contribution in [0.5, 0.6) is 0 Å². The molecule has 2 aromatic carbocycles. The van der Waals surface area contributed by atoms with Crippen LogP contribution in [0.15, 0.2) is 66.2 Å². The van der Waals surface area contributed by atoms with Gasteiger partial charge in [0.1, 0.15) is 5.70 Å². The number of ether oxygens (including phenoxy) is 2. The maximum Gasteiger partial charge on any atom is 0.345 e. The van der Waals surface area contributed by atoms with Crippen LogP contribution < -0.4 is 5.32 Å². The third kappa shape index (κ3) is 3.41. The summed E-state index contributed by atoms with van der Waals surface area (Å²) in [6.07, 6.45) is 0. The molecule has 0 aromatic heterocycles. The number of carbonyl (C=O) groups is 2. The van der Waals surface area contributed by atoms with Crippen molar-refractivity contribution in [3.63, 3.8) is 0 Å². The summed E-state index contributed by atoms with van der Waals surface area (Å²) >= 11 is 6.05. The fraction of sp³-hybridized carbons (Fsp3) is 0.111. The molecule has 0 aliphatic carbocycles. The first-order chi connectivity index (χ1) is 11.5. The van der Waals surface area contributed by atoms with Gasteiger partial charge in [0.05, 0.1) is 5.56 Å². The molecule has 0 fully saturated rings. The lowest BCUT2D eigenvalue weighted by Crippen LogP contribution is -2.15. The van der Waals surface area contributed by atoms with E-state index in [1.165, 1.54) is 0 Å². The summed E-state index contributed by atoms with van der Waals surface area (Å²) in [5, 5.41) is 1.91. The van der Waals surface area contributed by atoms with Gasteiger partial charge in [-0.25, -0.2) is 9.59 Å². The van der Waals surface area contributed by atoms with Crippen molar-refractivity contribution in [2.75, 3.05) is 5.32 Å². The number of carbonyl (C=O) groups excluding carboxylic acids is 2. The third-order valence-corrected chi connectivity index (χ3v) is 3.80. The van der Waals surface area contributed by atoms with Crippen LogP contribution in [0.2, 0.25) is 0 Å². The Morgan fingerprint density at radius 1 is 1.12 bits per heavy atom. The molecule has 1 aliphatic rings.